The third-order valence-electron chi connectivity index (χ3n) is 6.49. The molecule has 0 saturated carbocycles. The van der Waals surface area contributed by atoms with E-state index in [1.165, 1.54) is 12.8 Å². The van der Waals surface area contributed by atoms with Crippen molar-refractivity contribution in [1.82, 2.24) is 14.8 Å². The van der Waals surface area contributed by atoms with Crippen LogP contribution in [0.25, 0.3) is 11.3 Å². The number of likely N-dealkylation sites (tertiary alicyclic amines) is 2. The van der Waals surface area contributed by atoms with E-state index in [1.807, 2.05) is 48.2 Å². The molecule has 1 aromatic heterocycles. The zero-order valence-electron chi connectivity index (χ0n) is 17.8. The number of pyridine rings is 1. The predicted octanol–water partition coefficient (Wildman–Crippen LogP) is 4.31. The van der Waals surface area contributed by atoms with Crippen molar-refractivity contribution in [2.75, 3.05) is 26.2 Å². The van der Waals surface area contributed by atoms with Crippen LogP contribution in [0.15, 0.2) is 42.6 Å². The van der Waals surface area contributed by atoms with Gasteiger partial charge in [-0.2, -0.15) is 0 Å². The van der Waals surface area contributed by atoms with Crippen LogP contribution in [0.1, 0.15) is 54.4 Å². The van der Waals surface area contributed by atoms with Gasteiger partial charge in [0.15, 0.2) is 0 Å². The monoisotopic (exact) mass is 405 g/mol. The van der Waals surface area contributed by atoms with Crippen molar-refractivity contribution < 1.29 is 9.59 Å². The number of aryl methyl sites for hydroxylation is 1. The highest BCUT2D eigenvalue weighted by atomic mass is 16.2. The first kappa shape index (κ1) is 20.6. The Morgan fingerprint density at radius 1 is 0.867 bits per heavy atom. The largest absolute Gasteiger partial charge is 0.342 e. The van der Waals surface area contributed by atoms with E-state index in [2.05, 4.69) is 9.88 Å². The maximum atomic E-state index is 13.3. The van der Waals surface area contributed by atoms with Crippen molar-refractivity contribution in [2.24, 2.45) is 5.92 Å². The molecule has 5 heteroatoms. The summed E-state index contributed by atoms with van der Waals surface area (Å²) in [6.45, 7) is 5.09. The average Bonchev–Trinajstić information content (AvgIpc) is 3.08. The summed E-state index contributed by atoms with van der Waals surface area (Å²) in [5.41, 5.74) is 3.48. The maximum Gasteiger partial charge on any atom is 0.256 e. The number of hydrogen-bond donors (Lipinski definition) is 0. The molecule has 2 amide bonds. The van der Waals surface area contributed by atoms with Gasteiger partial charge in [0, 0.05) is 43.9 Å². The molecule has 2 aromatic rings. The Morgan fingerprint density at radius 2 is 1.57 bits per heavy atom. The second-order valence-corrected chi connectivity index (χ2v) is 8.52. The molecule has 3 heterocycles. The van der Waals surface area contributed by atoms with E-state index >= 15 is 0 Å². The molecule has 0 radical (unpaired) electrons. The zero-order valence-corrected chi connectivity index (χ0v) is 17.8. The summed E-state index contributed by atoms with van der Waals surface area (Å²) in [6, 6.07) is 11.7. The molecule has 0 unspecified atom stereocenters. The van der Waals surface area contributed by atoms with Gasteiger partial charge in [-0.3, -0.25) is 14.6 Å². The second kappa shape index (κ2) is 9.41. The third-order valence-corrected chi connectivity index (χ3v) is 6.49. The molecule has 2 fully saturated rings. The molecule has 2 aliphatic rings. The Balaban J connectivity index is 1.44. The highest BCUT2D eigenvalue weighted by Gasteiger charge is 2.31. The molecule has 0 N–H and O–H groups in total. The van der Waals surface area contributed by atoms with Crippen LogP contribution in [0.4, 0.5) is 0 Å². The third kappa shape index (κ3) is 4.40. The molecule has 5 nitrogen and oxygen atoms in total. The van der Waals surface area contributed by atoms with E-state index in [9.17, 15) is 9.59 Å². The lowest BCUT2D eigenvalue weighted by Crippen LogP contribution is -2.44. The van der Waals surface area contributed by atoms with Crippen LogP contribution < -0.4 is 0 Å². The van der Waals surface area contributed by atoms with Crippen LogP contribution in [-0.2, 0) is 4.79 Å². The van der Waals surface area contributed by atoms with Crippen molar-refractivity contribution in [3.8, 4) is 11.3 Å². The van der Waals surface area contributed by atoms with E-state index in [1.54, 1.807) is 6.20 Å². The molecular weight excluding hydrogens is 374 g/mol. The van der Waals surface area contributed by atoms with Gasteiger partial charge >= 0.3 is 0 Å². The lowest BCUT2D eigenvalue weighted by Gasteiger charge is -2.34. The van der Waals surface area contributed by atoms with Gasteiger partial charge in [0.1, 0.15) is 0 Å². The van der Waals surface area contributed by atoms with Crippen molar-refractivity contribution in [2.45, 2.75) is 45.4 Å². The highest BCUT2D eigenvalue weighted by Crippen LogP contribution is 2.28. The first-order valence-electron chi connectivity index (χ1n) is 11.2. The lowest BCUT2D eigenvalue weighted by atomic mass is 9.94. The van der Waals surface area contributed by atoms with Gasteiger partial charge in [-0.05, 0) is 50.3 Å². The number of rotatable bonds is 3. The minimum atomic E-state index is 0.0158. The van der Waals surface area contributed by atoms with Gasteiger partial charge < -0.3 is 9.80 Å². The first-order valence-corrected chi connectivity index (χ1v) is 11.2. The molecule has 4 rings (SSSR count). The number of benzene rings is 1. The Hall–Kier alpha value is -2.69. The number of nitrogens with zero attached hydrogens (tertiary/aromatic N) is 3. The van der Waals surface area contributed by atoms with E-state index < -0.39 is 0 Å². The van der Waals surface area contributed by atoms with Gasteiger partial charge in [0.05, 0.1) is 11.3 Å². The fourth-order valence-electron chi connectivity index (χ4n) is 4.68. The highest BCUT2D eigenvalue weighted by molar-refractivity contribution is 6.00. The fourth-order valence-corrected chi connectivity index (χ4v) is 4.68. The van der Waals surface area contributed by atoms with E-state index in [4.69, 9.17) is 0 Å². The van der Waals surface area contributed by atoms with Gasteiger partial charge in [0.25, 0.3) is 5.91 Å². The van der Waals surface area contributed by atoms with E-state index in [0.717, 1.165) is 55.6 Å². The average molecular weight is 406 g/mol. The predicted molar refractivity (Wildman–Crippen MR) is 118 cm³/mol. The summed E-state index contributed by atoms with van der Waals surface area (Å²) in [7, 11) is 0. The van der Waals surface area contributed by atoms with Crippen LogP contribution in [0.5, 0.6) is 0 Å². The normalized spacial score (nSPS) is 18.2. The van der Waals surface area contributed by atoms with Crippen LogP contribution >= 0.6 is 0 Å². The molecular formula is C25H31N3O2. The summed E-state index contributed by atoms with van der Waals surface area (Å²) in [5.74, 6) is 0.366. The number of piperidine rings is 1. The number of carbonyl (C=O) groups excluding carboxylic acids is 2. The zero-order chi connectivity index (χ0) is 20.9. The van der Waals surface area contributed by atoms with Gasteiger partial charge in [-0.1, -0.05) is 37.1 Å². The SMILES string of the molecule is Cc1ccccc1-c1ncccc1C(=O)N1CCC(C(=O)N2CCCCCC2)CC1. The van der Waals surface area contributed by atoms with E-state index in [-0.39, 0.29) is 11.8 Å². The van der Waals surface area contributed by atoms with Gasteiger partial charge in [-0.15, -0.1) is 0 Å². The molecule has 30 heavy (non-hydrogen) atoms. The molecule has 1 aromatic carbocycles. The summed E-state index contributed by atoms with van der Waals surface area (Å²) in [5, 5.41) is 0. The first-order chi connectivity index (χ1) is 14.6. The molecule has 0 atom stereocenters. The van der Waals surface area contributed by atoms with Gasteiger partial charge in [-0.25, -0.2) is 0 Å². The Morgan fingerprint density at radius 3 is 2.27 bits per heavy atom. The number of amides is 2. The maximum absolute atomic E-state index is 13.3. The van der Waals surface area contributed by atoms with Crippen LogP contribution in [0, 0.1) is 12.8 Å². The van der Waals surface area contributed by atoms with Crippen molar-refractivity contribution in [1.29, 1.82) is 0 Å². The van der Waals surface area contributed by atoms with Crippen LogP contribution in [0.2, 0.25) is 0 Å². The fraction of sp³-hybridized carbons (Fsp3) is 0.480. The summed E-state index contributed by atoms with van der Waals surface area (Å²) >= 11 is 0. The quantitative estimate of drug-likeness (QED) is 0.765. The number of hydrogen-bond acceptors (Lipinski definition) is 3. The summed E-state index contributed by atoms with van der Waals surface area (Å²) in [4.78, 5) is 34.7. The minimum Gasteiger partial charge on any atom is -0.342 e. The number of aromatic nitrogens is 1. The van der Waals surface area contributed by atoms with Crippen molar-refractivity contribution in [3.05, 3.63) is 53.7 Å². The second-order valence-electron chi connectivity index (χ2n) is 8.52. The Labute approximate surface area is 179 Å². The van der Waals surface area contributed by atoms with Gasteiger partial charge in [0.2, 0.25) is 5.91 Å². The Kier molecular flexibility index (Phi) is 6.46. The molecule has 0 bridgehead atoms. The van der Waals surface area contributed by atoms with Crippen molar-refractivity contribution in [3.63, 3.8) is 0 Å². The molecule has 0 aliphatic carbocycles. The van der Waals surface area contributed by atoms with Crippen LogP contribution in [0.3, 0.4) is 0 Å². The number of carbonyl (C=O) groups is 2. The van der Waals surface area contributed by atoms with E-state index in [0.29, 0.717) is 24.6 Å². The lowest BCUT2D eigenvalue weighted by molar-refractivity contribution is -0.136. The summed E-state index contributed by atoms with van der Waals surface area (Å²) < 4.78 is 0. The minimum absolute atomic E-state index is 0.0158. The molecule has 2 aliphatic heterocycles. The molecule has 0 spiro atoms. The van der Waals surface area contributed by atoms with Crippen molar-refractivity contribution >= 4 is 11.8 Å². The summed E-state index contributed by atoms with van der Waals surface area (Å²) in [6.07, 6.45) is 7.93. The molecule has 158 valence electrons. The molecule has 2 saturated heterocycles. The topological polar surface area (TPSA) is 53.5 Å². The standard InChI is InChI=1S/C25H31N3O2/c1-19-9-4-5-10-21(19)23-22(11-8-14-26-23)25(30)28-17-12-20(13-18-28)24(29)27-15-6-2-3-7-16-27/h4-5,8-11,14,20H,2-3,6-7,12-13,15-18H2,1H3. The van der Waals surface area contributed by atoms with Crippen LogP contribution in [-0.4, -0.2) is 52.8 Å². The smallest absolute Gasteiger partial charge is 0.256 e. The Bertz CT molecular complexity index is 895.